The van der Waals surface area contributed by atoms with Crippen LogP contribution in [0.15, 0.2) is 12.1 Å². The number of carbonyl (C=O) groups excluding carboxylic acids is 1. The Labute approximate surface area is 217 Å². The molecule has 0 spiro atoms. The number of ether oxygens (including phenoxy) is 2. The molecule has 216 valence electrons. The first kappa shape index (κ1) is 30.3. The van der Waals surface area contributed by atoms with Crippen molar-refractivity contribution in [2.24, 2.45) is 0 Å². The van der Waals surface area contributed by atoms with Crippen LogP contribution in [0.3, 0.4) is 0 Å². The minimum atomic E-state index is -4.68. The van der Waals surface area contributed by atoms with Crippen LogP contribution in [-0.2, 0) is 14.8 Å². The van der Waals surface area contributed by atoms with Crippen molar-refractivity contribution in [1.29, 1.82) is 0 Å². The van der Waals surface area contributed by atoms with Gasteiger partial charge in [-0.25, -0.2) is 26.3 Å². The average molecular weight is 575 g/mol. The van der Waals surface area contributed by atoms with Crippen molar-refractivity contribution < 1.29 is 54.9 Å². The quantitative estimate of drug-likeness (QED) is 0.459. The molecule has 2 atom stereocenters. The van der Waals surface area contributed by atoms with Crippen molar-refractivity contribution in [3.63, 3.8) is 0 Å². The van der Waals surface area contributed by atoms with Gasteiger partial charge in [-0.05, 0) is 43.4 Å². The maximum Gasteiger partial charge on any atom is 0.425 e. The van der Waals surface area contributed by atoms with E-state index in [1.807, 2.05) is 0 Å². The zero-order valence-electron chi connectivity index (χ0n) is 20.7. The highest BCUT2D eigenvalue weighted by Crippen LogP contribution is 2.34. The molecule has 0 saturated carbocycles. The largest absolute Gasteiger partial charge is 0.484 e. The van der Waals surface area contributed by atoms with Gasteiger partial charge in [-0.2, -0.15) is 13.2 Å². The van der Waals surface area contributed by atoms with E-state index < -0.39 is 70.3 Å². The second kappa shape index (κ2) is 12.3. The van der Waals surface area contributed by atoms with Crippen LogP contribution in [0.2, 0.25) is 0 Å². The molecule has 0 unspecified atom stereocenters. The summed E-state index contributed by atoms with van der Waals surface area (Å²) in [5, 5.41) is 18.3. The molecule has 2 aliphatic rings. The van der Waals surface area contributed by atoms with Gasteiger partial charge >= 0.3 is 12.3 Å². The van der Waals surface area contributed by atoms with Gasteiger partial charge in [0, 0.05) is 39.0 Å². The Kier molecular flexibility index (Phi) is 9.81. The van der Waals surface area contributed by atoms with Crippen LogP contribution in [0.5, 0.6) is 5.75 Å². The van der Waals surface area contributed by atoms with Crippen LogP contribution in [0.4, 0.5) is 26.7 Å². The predicted molar refractivity (Wildman–Crippen MR) is 124 cm³/mol. The lowest BCUT2D eigenvalue weighted by Crippen LogP contribution is -2.44. The van der Waals surface area contributed by atoms with Crippen LogP contribution in [-0.4, -0.2) is 97.0 Å². The number of piperidine rings is 2. The predicted octanol–water partition coefficient (Wildman–Crippen LogP) is 2.76. The fraction of sp³-hybridized carbons (Fsp3) is 0.696. The van der Waals surface area contributed by atoms with E-state index in [1.54, 1.807) is 0 Å². The molecule has 0 bridgehead atoms. The molecular weight excluding hydrogens is 543 g/mol. The Morgan fingerprint density at radius 1 is 1.08 bits per heavy atom. The van der Waals surface area contributed by atoms with E-state index in [0.29, 0.717) is 18.4 Å². The maximum absolute atomic E-state index is 14.8. The summed E-state index contributed by atoms with van der Waals surface area (Å²) in [5.74, 6) is -3.41. The molecule has 1 amide bonds. The highest BCUT2D eigenvalue weighted by Gasteiger charge is 2.40. The summed E-state index contributed by atoms with van der Waals surface area (Å²) < 4.78 is 103. The van der Waals surface area contributed by atoms with Crippen molar-refractivity contribution in [1.82, 2.24) is 9.21 Å². The number of halogens is 5. The van der Waals surface area contributed by atoms with Crippen molar-refractivity contribution in [2.45, 2.75) is 63.0 Å². The van der Waals surface area contributed by atoms with E-state index in [1.165, 1.54) is 4.31 Å². The number of alkyl halides is 3. The van der Waals surface area contributed by atoms with Gasteiger partial charge in [-0.1, -0.05) is 0 Å². The summed E-state index contributed by atoms with van der Waals surface area (Å²) in [6.45, 7) is 0.206. The summed E-state index contributed by atoms with van der Waals surface area (Å²) >= 11 is 0. The van der Waals surface area contributed by atoms with Crippen molar-refractivity contribution >= 4 is 16.1 Å². The normalized spacial score (nSPS) is 20.3. The van der Waals surface area contributed by atoms with Gasteiger partial charge in [0.05, 0.1) is 18.5 Å². The van der Waals surface area contributed by atoms with E-state index in [-0.39, 0.29) is 44.9 Å². The number of aliphatic hydroxyl groups excluding tert-OH is 2. The fourth-order valence-electron chi connectivity index (χ4n) is 4.41. The minimum absolute atomic E-state index is 0.00773. The summed E-state index contributed by atoms with van der Waals surface area (Å²) in [4.78, 5) is 13.0. The molecule has 2 saturated heterocycles. The number of rotatable bonds is 8. The van der Waals surface area contributed by atoms with Crippen LogP contribution in [0.25, 0.3) is 0 Å². The first-order valence-electron chi connectivity index (χ1n) is 12.2. The first-order chi connectivity index (χ1) is 17.7. The Morgan fingerprint density at radius 3 is 2.13 bits per heavy atom. The van der Waals surface area contributed by atoms with Gasteiger partial charge in [0.15, 0.2) is 23.5 Å². The monoisotopic (exact) mass is 574 g/mol. The Morgan fingerprint density at radius 2 is 1.63 bits per heavy atom. The number of carbonyl (C=O) groups is 1. The third-order valence-corrected chi connectivity index (χ3v) is 8.63. The Balaban J connectivity index is 1.54. The van der Waals surface area contributed by atoms with Crippen LogP contribution >= 0.6 is 0 Å². The molecule has 0 radical (unpaired) electrons. The summed E-state index contributed by atoms with van der Waals surface area (Å²) in [6, 6.07) is 2.27. The molecule has 0 aliphatic carbocycles. The topological polar surface area (TPSA) is 117 Å². The zero-order chi connectivity index (χ0) is 28.3. The van der Waals surface area contributed by atoms with E-state index in [9.17, 15) is 40.3 Å². The van der Waals surface area contributed by atoms with Crippen molar-refractivity contribution in [3.05, 3.63) is 29.3 Å². The van der Waals surface area contributed by atoms with E-state index >= 15 is 0 Å². The third kappa shape index (κ3) is 7.67. The van der Waals surface area contributed by atoms with Gasteiger partial charge in [-0.3, -0.25) is 0 Å². The second-order valence-electron chi connectivity index (χ2n) is 9.47. The lowest BCUT2D eigenvalue weighted by molar-refractivity contribution is -0.200. The maximum atomic E-state index is 14.8. The molecule has 2 N–H and O–H groups in total. The standard InChI is InChI=1S/C23H31F5N2O7S/c1-14(23(26,27)28)36-22(33)29-6-4-18(5-7-29)37-21-19(24)10-16(11-20(21)25)15-2-8-30(9-3-15)38(34,35)13-17(32)12-31/h10-11,14-15,17-18,31-32H,2-9,12-13H2,1H3/t14-,17+/m0/s1. The van der Waals surface area contributed by atoms with E-state index in [2.05, 4.69) is 4.74 Å². The highest BCUT2D eigenvalue weighted by molar-refractivity contribution is 7.89. The molecule has 38 heavy (non-hydrogen) atoms. The third-order valence-electron chi connectivity index (χ3n) is 6.68. The van der Waals surface area contributed by atoms with Crippen molar-refractivity contribution in [2.75, 3.05) is 38.5 Å². The smallest absolute Gasteiger partial charge is 0.425 e. The number of aliphatic hydroxyl groups is 2. The molecule has 2 heterocycles. The van der Waals surface area contributed by atoms with Gasteiger partial charge in [0.2, 0.25) is 10.0 Å². The van der Waals surface area contributed by atoms with E-state index in [0.717, 1.165) is 24.0 Å². The van der Waals surface area contributed by atoms with Gasteiger partial charge in [-0.15, -0.1) is 0 Å². The molecule has 0 aromatic heterocycles. The molecule has 9 nitrogen and oxygen atoms in total. The highest BCUT2D eigenvalue weighted by atomic mass is 32.2. The summed E-state index contributed by atoms with van der Waals surface area (Å²) in [5.41, 5.74) is 0.344. The number of sulfonamides is 1. The number of nitrogens with zero attached hydrogens (tertiary/aromatic N) is 2. The van der Waals surface area contributed by atoms with Crippen LogP contribution in [0, 0.1) is 11.6 Å². The molecule has 15 heteroatoms. The molecule has 2 aliphatic heterocycles. The Bertz CT molecular complexity index is 1050. The molecule has 1 aromatic rings. The lowest BCUT2D eigenvalue weighted by Gasteiger charge is -2.33. The van der Waals surface area contributed by atoms with Gasteiger partial charge in [0.25, 0.3) is 0 Å². The minimum Gasteiger partial charge on any atom is -0.484 e. The fourth-order valence-corrected chi connectivity index (χ4v) is 5.98. The number of benzene rings is 1. The molecular formula is C23H31F5N2O7S. The summed E-state index contributed by atoms with van der Waals surface area (Å²) in [7, 11) is -3.79. The van der Waals surface area contributed by atoms with Gasteiger partial charge < -0.3 is 24.6 Å². The summed E-state index contributed by atoms with van der Waals surface area (Å²) in [6.07, 6.45) is -9.27. The van der Waals surface area contributed by atoms with Crippen molar-refractivity contribution in [3.8, 4) is 5.75 Å². The molecule has 3 rings (SSSR count). The lowest BCUT2D eigenvalue weighted by atomic mass is 9.90. The van der Waals surface area contributed by atoms with Crippen LogP contribution in [0.1, 0.15) is 44.1 Å². The van der Waals surface area contributed by atoms with Gasteiger partial charge in [0.1, 0.15) is 6.10 Å². The second-order valence-corrected chi connectivity index (χ2v) is 11.5. The van der Waals surface area contributed by atoms with Crippen LogP contribution < -0.4 is 4.74 Å². The SMILES string of the molecule is C[C@H](OC(=O)N1CCC(Oc2c(F)cc(C3CCN(S(=O)(=O)C[C@H](O)CO)CC3)cc2F)CC1)C(F)(F)F. The van der Waals surface area contributed by atoms with E-state index in [4.69, 9.17) is 9.84 Å². The average Bonchev–Trinajstić information content (AvgIpc) is 2.85. The number of amides is 1. The zero-order valence-corrected chi connectivity index (χ0v) is 21.5. The number of hydrogen-bond donors (Lipinski definition) is 2. The molecule has 2 fully saturated rings. The Hall–Kier alpha value is -2.23. The number of likely N-dealkylation sites (tertiary alicyclic amines) is 1. The molecule has 1 aromatic carbocycles. The first-order valence-corrected chi connectivity index (χ1v) is 13.8. The number of hydrogen-bond acceptors (Lipinski definition) is 7.